The van der Waals surface area contributed by atoms with E-state index in [1.54, 1.807) is 0 Å². The number of halogens is 3. The van der Waals surface area contributed by atoms with Crippen LogP contribution in [0.5, 0.6) is 0 Å². The highest BCUT2D eigenvalue weighted by Crippen LogP contribution is 1.97. The largest absolute Gasteiger partial charge is 0.476 e. The van der Waals surface area contributed by atoms with Gasteiger partial charge in [-0.3, -0.25) is 4.79 Å². The topological polar surface area (TPSA) is 76.0 Å². The molecule has 0 bridgehead atoms. The van der Waals surface area contributed by atoms with Crippen molar-refractivity contribution < 1.29 is 28.3 Å². The van der Waals surface area contributed by atoms with Crippen molar-refractivity contribution in [2.45, 2.75) is 6.61 Å². The molecular weight excluding hydrogens is 212 g/mol. The number of oxime groups is 1. The van der Waals surface area contributed by atoms with E-state index in [1.807, 2.05) is 0 Å². The Morgan fingerprint density at radius 2 is 2.08 bits per heavy atom. The monoisotopic (exact) mass is 215 g/mol. The summed E-state index contributed by atoms with van der Waals surface area (Å²) in [5, 5.41) is 10.7. The number of hydrogen-bond donors (Lipinski definition) is 1. The summed E-state index contributed by atoms with van der Waals surface area (Å²) in [4.78, 5) is 24.1. The number of hydrogen-bond acceptors (Lipinski definition) is 4. The Labute approximate surface area is 75.9 Å². The minimum atomic E-state index is -3.28. The molecule has 13 heavy (non-hydrogen) atoms. The lowest BCUT2D eigenvalue weighted by atomic mass is 10.3. The second kappa shape index (κ2) is 5.41. The molecule has 8 heteroatoms. The van der Waals surface area contributed by atoms with E-state index >= 15 is 0 Å². The first kappa shape index (κ1) is 11.8. The maximum absolute atomic E-state index is 11.4. The zero-order valence-electron chi connectivity index (χ0n) is 6.04. The SMILES string of the molecule is O=C(O)C(=NOC(F)F)C(=O)CCl. The summed E-state index contributed by atoms with van der Waals surface area (Å²) in [7, 11) is 0. The molecule has 0 aromatic carbocycles. The van der Waals surface area contributed by atoms with E-state index in [4.69, 9.17) is 16.7 Å². The van der Waals surface area contributed by atoms with E-state index in [0.717, 1.165) is 0 Å². The number of carbonyl (C=O) groups excluding carboxylic acids is 1. The quantitative estimate of drug-likeness (QED) is 0.313. The van der Waals surface area contributed by atoms with Crippen molar-refractivity contribution in [1.82, 2.24) is 0 Å². The van der Waals surface area contributed by atoms with Gasteiger partial charge >= 0.3 is 12.6 Å². The van der Waals surface area contributed by atoms with Gasteiger partial charge in [-0.15, -0.1) is 11.6 Å². The van der Waals surface area contributed by atoms with Gasteiger partial charge in [0.1, 0.15) is 0 Å². The van der Waals surface area contributed by atoms with Gasteiger partial charge in [-0.1, -0.05) is 5.16 Å². The highest BCUT2D eigenvalue weighted by molar-refractivity contribution is 6.67. The van der Waals surface area contributed by atoms with Crippen LogP contribution in [0.4, 0.5) is 8.78 Å². The van der Waals surface area contributed by atoms with Crippen molar-refractivity contribution >= 4 is 29.1 Å². The average Bonchev–Trinajstić information content (AvgIpc) is 2.03. The molecule has 74 valence electrons. The van der Waals surface area contributed by atoms with Crippen LogP contribution in [-0.2, 0) is 14.4 Å². The molecule has 5 nitrogen and oxygen atoms in total. The lowest BCUT2D eigenvalue weighted by molar-refractivity contribution is -0.135. The maximum atomic E-state index is 11.4. The van der Waals surface area contributed by atoms with Gasteiger partial charge in [0.2, 0.25) is 11.5 Å². The maximum Gasteiger partial charge on any atom is 0.407 e. The Morgan fingerprint density at radius 1 is 1.54 bits per heavy atom. The van der Waals surface area contributed by atoms with Crippen molar-refractivity contribution in [3.8, 4) is 0 Å². The van der Waals surface area contributed by atoms with Crippen LogP contribution in [0.2, 0.25) is 0 Å². The predicted octanol–water partition coefficient (Wildman–Crippen LogP) is 0.474. The number of carboxylic acids is 1. The number of ketones is 1. The second-order valence-electron chi connectivity index (χ2n) is 1.67. The number of aliphatic carboxylic acids is 1. The number of nitrogens with zero attached hydrogens (tertiary/aromatic N) is 1. The first-order valence-corrected chi connectivity index (χ1v) is 3.37. The molecule has 0 aliphatic carbocycles. The summed E-state index contributed by atoms with van der Waals surface area (Å²) in [6.07, 6.45) is 0. The van der Waals surface area contributed by atoms with Crippen LogP contribution in [0.3, 0.4) is 0 Å². The van der Waals surface area contributed by atoms with E-state index in [9.17, 15) is 18.4 Å². The molecule has 0 fully saturated rings. The van der Waals surface area contributed by atoms with Gasteiger partial charge < -0.3 is 9.94 Å². The standard InChI is InChI=1S/C5H4ClF2NO4/c6-1-2(10)3(4(11)12)9-13-5(7)8/h5H,1H2,(H,11,12). The van der Waals surface area contributed by atoms with Crippen LogP contribution in [0, 0.1) is 0 Å². The zero-order valence-corrected chi connectivity index (χ0v) is 6.79. The lowest BCUT2D eigenvalue weighted by Crippen LogP contribution is -2.25. The van der Waals surface area contributed by atoms with Gasteiger partial charge in [-0.2, -0.15) is 8.78 Å². The third-order valence-electron chi connectivity index (χ3n) is 0.812. The number of carbonyl (C=O) groups is 2. The van der Waals surface area contributed by atoms with Crippen LogP contribution in [0.15, 0.2) is 5.16 Å². The normalized spacial score (nSPS) is 11.5. The van der Waals surface area contributed by atoms with E-state index in [2.05, 4.69) is 9.99 Å². The average molecular weight is 216 g/mol. The van der Waals surface area contributed by atoms with E-state index in [-0.39, 0.29) is 0 Å². The number of carboxylic acid groups (broad SMARTS) is 1. The van der Waals surface area contributed by atoms with Gasteiger partial charge in [0, 0.05) is 0 Å². The minimum absolute atomic E-state index is 0.669. The molecule has 0 aliphatic heterocycles. The third kappa shape index (κ3) is 4.36. The summed E-state index contributed by atoms with van der Waals surface area (Å²) in [5.74, 6) is -3.54. The van der Waals surface area contributed by atoms with Crippen molar-refractivity contribution in [2.24, 2.45) is 5.16 Å². The zero-order chi connectivity index (χ0) is 10.4. The lowest BCUT2D eigenvalue weighted by Gasteiger charge is -1.97. The molecule has 0 atom stereocenters. The Hall–Kier alpha value is -1.24. The van der Waals surface area contributed by atoms with Gasteiger partial charge in [-0.05, 0) is 0 Å². The highest BCUT2D eigenvalue weighted by Gasteiger charge is 2.20. The molecule has 0 spiro atoms. The molecule has 0 radical (unpaired) electrons. The fraction of sp³-hybridized carbons (Fsp3) is 0.400. The fourth-order valence-electron chi connectivity index (χ4n) is 0.365. The predicted molar refractivity (Wildman–Crippen MR) is 37.9 cm³/mol. The summed E-state index contributed by atoms with van der Waals surface area (Å²) < 4.78 is 22.7. The van der Waals surface area contributed by atoms with Crippen LogP contribution in [0.25, 0.3) is 0 Å². The van der Waals surface area contributed by atoms with Gasteiger partial charge in [0.15, 0.2) is 0 Å². The number of alkyl halides is 3. The Bertz CT molecular complexity index is 243. The van der Waals surface area contributed by atoms with Crippen LogP contribution >= 0.6 is 11.6 Å². The van der Waals surface area contributed by atoms with Gasteiger partial charge in [-0.25, -0.2) is 4.79 Å². The molecule has 0 aliphatic rings. The minimum Gasteiger partial charge on any atom is -0.476 e. The molecule has 1 N–H and O–H groups in total. The summed E-state index contributed by atoms with van der Waals surface area (Å²) in [5.41, 5.74) is -1.16. The molecule has 0 rings (SSSR count). The fourth-order valence-corrected chi connectivity index (χ4v) is 0.492. The van der Waals surface area contributed by atoms with E-state index in [0.29, 0.717) is 0 Å². The van der Waals surface area contributed by atoms with Crippen molar-refractivity contribution in [3.05, 3.63) is 0 Å². The van der Waals surface area contributed by atoms with Crippen LogP contribution in [0.1, 0.15) is 0 Å². The first-order valence-electron chi connectivity index (χ1n) is 2.83. The van der Waals surface area contributed by atoms with Crippen molar-refractivity contribution in [1.29, 1.82) is 0 Å². The molecular formula is C5H4ClF2NO4. The smallest absolute Gasteiger partial charge is 0.407 e. The van der Waals surface area contributed by atoms with Crippen molar-refractivity contribution in [2.75, 3.05) is 5.88 Å². The number of rotatable bonds is 5. The Morgan fingerprint density at radius 3 is 2.38 bits per heavy atom. The summed E-state index contributed by atoms with van der Waals surface area (Å²) >= 11 is 4.97. The summed E-state index contributed by atoms with van der Waals surface area (Å²) in [6, 6.07) is 0. The molecule has 0 saturated carbocycles. The molecule has 0 heterocycles. The van der Waals surface area contributed by atoms with Gasteiger partial charge in [0.25, 0.3) is 0 Å². The highest BCUT2D eigenvalue weighted by atomic mass is 35.5. The molecule has 0 amide bonds. The molecule has 0 saturated heterocycles. The van der Waals surface area contributed by atoms with E-state index in [1.165, 1.54) is 0 Å². The van der Waals surface area contributed by atoms with E-state index < -0.39 is 30.0 Å². The third-order valence-corrected chi connectivity index (χ3v) is 1.05. The number of Topliss-reactive ketones (excluding diaryl/α,β-unsaturated/α-hetero) is 1. The molecule has 0 unspecified atom stereocenters. The first-order chi connectivity index (χ1) is 5.99. The summed E-state index contributed by atoms with van der Waals surface area (Å²) in [6.45, 7) is -3.28. The van der Waals surface area contributed by atoms with Gasteiger partial charge in [0.05, 0.1) is 5.88 Å². The van der Waals surface area contributed by atoms with Crippen LogP contribution in [-0.4, -0.2) is 35.1 Å². The Kier molecular flexibility index (Phi) is 4.90. The van der Waals surface area contributed by atoms with Crippen LogP contribution < -0.4 is 0 Å². The Balaban J connectivity index is 4.51. The molecule has 0 aromatic heterocycles. The second-order valence-corrected chi connectivity index (χ2v) is 1.94. The molecule has 0 aromatic rings. The van der Waals surface area contributed by atoms with Crippen molar-refractivity contribution in [3.63, 3.8) is 0 Å².